The fourth-order valence-electron chi connectivity index (χ4n) is 1.43. The van der Waals surface area contributed by atoms with E-state index in [4.69, 9.17) is 0 Å². The Morgan fingerprint density at radius 1 is 1.65 bits per heavy atom. The maximum absolute atomic E-state index is 11.9. The molecule has 6 heteroatoms. The third-order valence-corrected chi connectivity index (χ3v) is 4.22. The molecule has 0 bridgehead atoms. The van der Waals surface area contributed by atoms with Crippen LogP contribution in [0.25, 0.3) is 0 Å². The number of thiophene rings is 1. The van der Waals surface area contributed by atoms with Crippen molar-refractivity contribution in [2.75, 3.05) is 0 Å². The van der Waals surface area contributed by atoms with E-state index in [1.807, 2.05) is 25.4 Å². The minimum Gasteiger partial charge on any atom is -0.347 e. The average Bonchev–Trinajstić information content (AvgIpc) is 2.84. The second-order valence-corrected chi connectivity index (χ2v) is 5.59. The summed E-state index contributed by atoms with van der Waals surface area (Å²) in [6, 6.07) is 2.00. The lowest BCUT2D eigenvalue weighted by Crippen LogP contribution is -2.22. The van der Waals surface area contributed by atoms with E-state index in [2.05, 4.69) is 26.3 Å². The van der Waals surface area contributed by atoms with Crippen LogP contribution in [0.2, 0.25) is 0 Å². The van der Waals surface area contributed by atoms with Crippen LogP contribution in [0.15, 0.2) is 22.1 Å². The van der Waals surface area contributed by atoms with Gasteiger partial charge in [0.25, 0.3) is 5.91 Å². The van der Waals surface area contributed by atoms with Crippen LogP contribution in [0, 0.1) is 6.92 Å². The van der Waals surface area contributed by atoms with Crippen molar-refractivity contribution in [2.24, 2.45) is 7.05 Å². The van der Waals surface area contributed by atoms with Gasteiger partial charge in [0.1, 0.15) is 0 Å². The molecule has 0 unspecified atom stereocenters. The number of nitrogens with one attached hydrogen (secondary N) is 1. The normalized spacial score (nSPS) is 10.5. The van der Waals surface area contributed by atoms with Gasteiger partial charge in [0, 0.05) is 27.5 Å². The van der Waals surface area contributed by atoms with Crippen LogP contribution >= 0.6 is 27.3 Å². The number of hydrogen-bond acceptors (Lipinski definition) is 3. The van der Waals surface area contributed by atoms with Crippen LogP contribution in [0.3, 0.4) is 0 Å². The van der Waals surface area contributed by atoms with Crippen LogP contribution in [0.1, 0.15) is 20.9 Å². The molecule has 2 aromatic heterocycles. The standard InChI is InChI=1S/C11H12BrN3OS/c1-7-10(5-14-15(7)2)11(16)13-4-9-3-8(12)6-17-9/h3,5-6H,4H2,1-2H3,(H,13,16). The highest BCUT2D eigenvalue weighted by Crippen LogP contribution is 2.19. The third-order valence-electron chi connectivity index (χ3n) is 2.52. The van der Waals surface area contributed by atoms with Gasteiger partial charge in [0.15, 0.2) is 0 Å². The largest absolute Gasteiger partial charge is 0.347 e. The van der Waals surface area contributed by atoms with E-state index in [1.54, 1.807) is 22.2 Å². The Labute approximate surface area is 112 Å². The van der Waals surface area contributed by atoms with Crippen molar-refractivity contribution in [3.05, 3.63) is 38.3 Å². The molecule has 0 saturated carbocycles. The van der Waals surface area contributed by atoms with Crippen molar-refractivity contribution >= 4 is 33.2 Å². The zero-order chi connectivity index (χ0) is 12.4. The van der Waals surface area contributed by atoms with Crippen LogP contribution < -0.4 is 5.32 Å². The number of rotatable bonds is 3. The molecule has 1 amide bonds. The molecule has 0 aliphatic carbocycles. The summed E-state index contributed by atoms with van der Waals surface area (Å²) in [7, 11) is 1.82. The van der Waals surface area contributed by atoms with Crippen molar-refractivity contribution in [1.29, 1.82) is 0 Å². The van der Waals surface area contributed by atoms with E-state index in [1.165, 1.54) is 0 Å². The Kier molecular flexibility index (Phi) is 3.63. The van der Waals surface area contributed by atoms with Crippen molar-refractivity contribution in [3.8, 4) is 0 Å². The zero-order valence-electron chi connectivity index (χ0n) is 9.53. The highest BCUT2D eigenvalue weighted by Gasteiger charge is 2.12. The molecule has 0 spiro atoms. The molecule has 2 rings (SSSR count). The minimum absolute atomic E-state index is 0.0832. The van der Waals surface area contributed by atoms with Gasteiger partial charge in [-0.05, 0) is 28.9 Å². The van der Waals surface area contributed by atoms with Gasteiger partial charge in [-0.1, -0.05) is 0 Å². The van der Waals surface area contributed by atoms with Gasteiger partial charge < -0.3 is 5.32 Å². The highest BCUT2D eigenvalue weighted by atomic mass is 79.9. The number of aryl methyl sites for hydroxylation is 1. The number of amides is 1. The molecule has 0 radical (unpaired) electrons. The first-order valence-corrected chi connectivity index (χ1v) is 6.75. The van der Waals surface area contributed by atoms with Gasteiger partial charge in [-0.3, -0.25) is 9.48 Å². The summed E-state index contributed by atoms with van der Waals surface area (Å²) >= 11 is 5.00. The minimum atomic E-state index is -0.0832. The molecule has 90 valence electrons. The number of carbonyl (C=O) groups is 1. The summed E-state index contributed by atoms with van der Waals surface area (Å²) in [6.45, 7) is 2.42. The van der Waals surface area contributed by atoms with Crippen LogP contribution in [0.4, 0.5) is 0 Å². The Morgan fingerprint density at radius 2 is 2.41 bits per heavy atom. The Hall–Kier alpha value is -1.14. The lowest BCUT2D eigenvalue weighted by Gasteiger charge is -2.02. The van der Waals surface area contributed by atoms with Crippen LogP contribution in [0.5, 0.6) is 0 Å². The number of aromatic nitrogens is 2. The number of hydrogen-bond donors (Lipinski definition) is 1. The van der Waals surface area contributed by atoms with E-state index in [0.717, 1.165) is 15.0 Å². The van der Waals surface area contributed by atoms with E-state index in [9.17, 15) is 4.79 Å². The maximum atomic E-state index is 11.9. The van der Waals surface area contributed by atoms with Crippen molar-refractivity contribution in [3.63, 3.8) is 0 Å². The van der Waals surface area contributed by atoms with Gasteiger partial charge in [0.2, 0.25) is 0 Å². The Morgan fingerprint density at radius 3 is 2.94 bits per heavy atom. The number of nitrogens with zero attached hydrogens (tertiary/aromatic N) is 2. The highest BCUT2D eigenvalue weighted by molar-refractivity contribution is 9.10. The van der Waals surface area contributed by atoms with Gasteiger partial charge in [-0.2, -0.15) is 5.10 Å². The first-order valence-electron chi connectivity index (χ1n) is 5.07. The summed E-state index contributed by atoms with van der Waals surface area (Å²) in [4.78, 5) is 13.0. The van der Waals surface area contributed by atoms with E-state index < -0.39 is 0 Å². The van der Waals surface area contributed by atoms with Gasteiger partial charge in [-0.25, -0.2) is 0 Å². The fraction of sp³-hybridized carbons (Fsp3) is 0.273. The first kappa shape index (κ1) is 12.3. The molecule has 0 saturated heterocycles. The maximum Gasteiger partial charge on any atom is 0.255 e. The molecule has 0 aromatic carbocycles. The SMILES string of the molecule is Cc1c(C(=O)NCc2cc(Br)cs2)cnn1C. The van der Waals surface area contributed by atoms with E-state index in [-0.39, 0.29) is 5.91 Å². The molecule has 2 heterocycles. The smallest absolute Gasteiger partial charge is 0.255 e. The quantitative estimate of drug-likeness (QED) is 0.946. The monoisotopic (exact) mass is 313 g/mol. The average molecular weight is 314 g/mol. The second-order valence-electron chi connectivity index (χ2n) is 3.68. The molecular formula is C11H12BrN3OS. The topological polar surface area (TPSA) is 46.9 Å². The molecule has 2 aromatic rings. The zero-order valence-corrected chi connectivity index (χ0v) is 11.9. The molecule has 0 aliphatic heterocycles. The summed E-state index contributed by atoms with van der Waals surface area (Å²) in [6.07, 6.45) is 1.59. The number of halogens is 1. The molecule has 17 heavy (non-hydrogen) atoms. The lowest BCUT2D eigenvalue weighted by atomic mass is 10.2. The van der Waals surface area contributed by atoms with Crippen molar-refractivity contribution in [2.45, 2.75) is 13.5 Å². The summed E-state index contributed by atoms with van der Waals surface area (Å²) in [5, 5.41) is 8.92. The summed E-state index contributed by atoms with van der Waals surface area (Å²) in [5.41, 5.74) is 1.50. The summed E-state index contributed by atoms with van der Waals surface area (Å²) < 4.78 is 2.74. The van der Waals surface area contributed by atoms with Gasteiger partial charge in [0.05, 0.1) is 18.3 Å². The van der Waals surface area contributed by atoms with Crippen molar-refractivity contribution in [1.82, 2.24) is 15.1 Å². The molecule has 1 N–H and O–H groups in total. The van der Waals surface area contributed by atoms with Crippen molar-refractivity contribution < 1.29 is 4.79 Å². The molecule has 0 fully saturated rings. The second kappa shape index (κ2) is 5.01. The molecule has 0 atom stereocenters. The Balaban J connectivity index is 2.00. The van der Waals surface area contributed by atoms with E-state index >= 15 is 0 Å². The van der Waals surface area contributed by atoms with E-state index in [0.29, 0.717) is 12.1 Å². The number of carbonyl (C=O) groups excluding carboxylic acids is 1. The predicted octanol–water partition coefficient (Wildman–Crippen LogP) is 2.48. The fourth-order valence-corrected chi connectivity index (χ4v) is 2.82. The predicted molar refractivity (Wildman–Crippen MR) is 71.1 cm³/mol. The van der Waals surface area contributed by atoms with Gasteiger partial charge >= 0.3 is 0 Å². The molecule has 4 nitrogen and oxygen atoms in total. The molecular weight excluding hydrogens is 302 g/mol. The van der Waals surface area contributed by atoms with Crippen LogP contribution in [-0.4, -0.2) is 15.7 Å². The Bertz CT molecular complexity index is 547. The first-order chi connectivity index (χ1) is 8.08. The van der Waals surface area contributed by atoms with Gasteiger partial charge in [-0.15, -0.1) is 11.3 Å². The van der Waals surface area contributed by atoms with Crippen LogP contribution in [-0.2, 0) is 13.6 Å². The third kappa shape index (κ3) is 2.76. The lowest BCUT2D eigenvalue weighted by molar-refractivity contribution is 0.0950. The molecule has 0 aliphatic rings. The summed E-state index contributed by atoms with van der Waals surface area (Å²) in [5.74, 6) is -0.0832.